The number of hydrogen-bond donors (Lipinski definition) is 0. The molecular formula is C11H19NO2. The summed E-state index contributed by atoms with van der Waals surface area (Å²) in [5, 5.41) is 8.31. The smallest absolute Gasteiger partial charge is 0.0621 e. The van der Waals surface area contributed by atoms with Crippen molar-refractivity contribution in [3.8, 4) is 6.07 Å². The molecule has 0 amide bonds. The van der Waals surface area contributed by atoms with Gasteiger partial charge in [0.2, 0.25) is 0 Å². The highest BCUT2D eigenvalue weighted by Crippen LogP contribution is 2.14. The Labute approximate surface area is 86.0 Å². The number of unbranched alkanes of at least 4 members (excludes halogenated alkanes) is 2. The van der Waals surface area contributed by atoms with Crippen LogP contribution in [0.5, 0.6) is 0 Å². The van der Waals surface area contributed by atoms with Gasteiger partial charge < -0.3 is 9.47 Å². The minimum absolute atomic E-state index is 0.439. The Hall–Kier alpha value is -0.590. The van der Waals surface area contributed by atoms with Crippen molar-refractivity contribution in [1.29, 1.82) is 5.26 Å². The standard InChI is InChI=1S/C11H19NO2/c12-7-2-1-3-8-13-10-6-11-5-4-9-14-11/h11H,1-6,8-10H2. The summed E-state index contributed by atoms with van der Waals surface area (Å²) in [5.41, 5.74) is 0. The third-order valence-electron chi connectivity index (χ3n) is 2.44. The van der Waals surface area contributed by atoms with E-state index in [2.05, 4.69) is 6.07 Å². The molecule has 1 heterocycles. The van der Waals surface area contributed by atoms with Gasteiger partial charge in [0.15, 0.2) is 0 Å². The summed E-state index contributed by atoms with van der Waals surface area (Å²) in [5.74, 6) is 0. The fourth-order valence-corrected chi connectivity index (χ4v) is 1.60. The Morgan fingerprint density at radius 3 is 3.00 bits per heavy atom. The van der Waals surface area contributed by atoms with Crippen molar-refractivity contribution in [2.24, 2.45) is 0 Å². The van der Waals surface area contributed by atoms with Gasteiger partial charge in [0.1, 0.15) is 0 Å². The second kappa shape index (κ2) is 7.78. The molecule has 0 bridgehead atoms. The Balaban J connectivity index is 1.78. The van der Waals surface area contributed by atoms with Gasteiger partial charge in [-0.25, -0.2) is 0 Å². The van der Waals surface area contributed by atoms with Crippen LogP contribution in [0.15, 0.2) is 0 Å². The van der Waals surface area contributed by atoms with E-state index in [9.17, 15) is 0 Å². The van der Waals surface area contributed by atoms with Crippen LogP contribution in [0.25, 0.3) is 0 Å². The highest BCUT2D eigenvalue weighted by Gasteiger charge is 2.14. The molecule has 1 fully saturated rings. The molecule has 0 saturated carbocycles. The number of hydrogen-bond acceptors (Lipinski definition) is 3. The van der Waals surface area contributed by atoms with Crippen molar-refractivity contribution >= 4 is 0 Å². The monoisotopic (exact) mass is 197 g/mol. The molecule has 3 heteroatoms. The lowest BCUT2D eigenvalue weighted by molar-refractivity contribution is 0.0584. The average Bonchev–Trinajstić information content (AvgIpc) is 2.69. The molecule has 0 aromatic heterocycles. The molecule has 3 nitrogen and oxygen atoms in total. The van der Waals surface area contributed by atoms with E-state index in [0.29, 0.717) is 12.5 Å². The predicted octanol–water partition coefficient (Wildman–Crippen LogP) is 2.27. The lowest BCUT2D eigenvalue weighted by atomic mass is 10.2. The van der Waals surface area contributed by atoms with E-state index in [1.54, 1.807) is 0 Å². The van der Waals surface area contributed by atoms with Crippen LogP contribution in [0.3, 0.4) is 0 Å². The average molecular weight is 197 g/mol. The fraction of sp³-hybridized carbons (Fsp3) is 0.909. The Morgan fingerprint density at radius 1 is 1.36 bits per heavy atom. The predicted molar refractivity (Wildman–Crippen MR) is 53.9 cm³/mol. The first-order valence-corrected chi connectivity index (χ1v) is 5.50. The van der Waals surface area contributed by atoms with Crippen LogP contribution in [0.1, 0.15) is 38.5 Å². The third-order valence-corrected chi connectivity index (χ3v) is 2.44. The van der Waals surface area contributed by atoms with Crippen molar-refractivity contribution in [1.82, 2.24) is 0 Å². The van der Waals surface area contributed by atoms with E-state index < -0.39 is 0 Å². The Morgan fingerprint density at radius 2 is 2.29 bits per heavy atom. The van der Waals surface area contributed by atoms with Gasteiger partial charge >= 0.3 is 0 Å². The zero-order chi connectivity index (χ0) is 10.1. The largest absolute Gasteiger partial charge is 0.381 e. The first-order chi connectivity index (χ1) is 6.93. The quantitative estimate of drug-likeness (QED) is 0.588. The zero-order valence-corrected chi connectivity index (χ0v) is 8.71. The molecule has 0 N–H and O–H groups in total. The van der Waals surface area contributed by atoms with E-state index in [1.807, 2.05) is 0 Å². The van der Waals surface area contributed by atoms with Crippen LogP contribution < -0.4 is 0 Å². The van der Waals surface area contributed by atoms with Crippen LogP contribution >= 0.6 is 0 Å². The van der Waals surface area contributed by atoms with Gasteiger partial charge in [-0.2, -0.15) is 5.26 Å². The number of rotatable bonds is 7. The molecule has 0 spiro atoms. The fourth-order valence-electron chi connectivity index (χ4n) is 1.60. The van der Waals surface area contributed by atoms with Gasteiger partial charge in [0.25, 0.3) is 0 Å². The van der Waals surface area contributed by atoms with E-state index in [-0.39, 0.29) is 0 Å². The molecule has 1 unspecified atom stereocenters. The SMILES string of the molecule is N#CCCCCOCCC1CCCO1. The summed E-state index contributed by atoms with van der Waals surface area (Å²) in [6.45, 7) is 2.51. The normalized spacial score (nSPS) is 20.9. The van der Waals surface area contributed by atoms with Crippen molar-refractivity contribution in [3.05, 3.63) is 0 Å². The Bertz CT molecular complexity index is 171. The molecule has 0 aliphatic carbocycles. The molecule has 1 aliphatic rings. The molecule has 1 atom stereocenters. The molecule has 0 aromatic rings. The van der Waals surface area contributed by atoms with Crippen molar-refractivity contribution in [2.75, 3.05) is 19.8 Å². The van der Waals surface area contributed by atoms with Crippen LogP contribution in [0.4, 0.5) is 0 Å². The first-order valence-electron chi connectivity index (χ1n) is 5.50. The van der Waals surface area contributed by atoms with Gasteiger partial charge in [-0.05, 0) is 32.1 Å². The highest BCUT2D eigenvalue weighted by atomic mass is 16.5. The van der Waals surface area contributed by atoms with Gasteiger partial charge in [-0.15, -0.1) is 0 Å². The molecule has 1 aliphatic heterocycles. The van der Waals surface area contributed by atoms with Crippen molar-refractivity contribution < 1.29 is 9.47 Å². The number of nitriles is 1. The molecule has 1 saturated heterocycles. The lowest BCUT2D eigenvalue weighted by Gasteiger charge is -2.08. The number of nitrogens with zero attached hydrogens (tertiary/aromatic N) is 1. The maximum atomic E-state index is 8.31. The molecule has 80 valence electrons. The van der Waals surface area contributed by atoms with Crippen LogP contribution in [0.2, 0.25) is 0 Å². The summed E-state index contributed by atoms with van der Waals surface area (Å²) in [6, 6.07) is 2.13. The zero-order valence-electron chi connectivity index (χ0n) is 8.71. The van der Waals surface area contributed by atoms with E-state index >= 15 is 0 Å². The van der Waals surface area contributed by atoms with Crippen molar-refractivity contribution in [3.63, 3.8) is 0 Å². The maximum Gasteiger partial charge on any atom is 0.0621 e. The Kier molecular flexibility index (Phi) is 6.38. The summed E-state index contributed by atoms with van der Waals surface area (Å²) in [4.78, 5) is 0. The summed E-state index contributed by atoms with van der Waals surface area (Å²) < 4.78 is 10.9. The topological polar surface area (TPSA) is 42.2 Å². The maximum absolute atomic E-state index is 8.31. The minimum atomic E-state index is 0.439. The summed E-state index contributed by atoms with van der Waals surface area (Å²) in [7, 11) is 0. The second-order valence-electron chi connectivity index (χ2n) is 3.65. The first kappa shape index (κ1) is 11.5. The highest BCUT2D eigenvalue weighted by molar-refractivity contribution is 4.67. The van der Waals surface area contributed by atoms with E-state index in [4.69, 9.17) is 14.7 Å². The lowest BCUT2D eigenvalue weighted by Crippen LogP contribution is -2.09. The summed E-state index contributed by atoms with van der Waals surface area (Å²) in [6.07, 6.45) is 6.46. The van der Waals surface area contributed by atoms with E-state index in [0.717, 1.165) is 39.1 Å². The van der Waals surface area contributed by atoms with Crippen LogP contribution in [-0.2, 0) is 9.47 Å². The minimum Gasteiger partial charge on any atom is -0.381 e. The van der Waals surface area contributed by atoms with Crippen molar-refractivity contribution in [2.45, 2.75) is 44.6 Å². The number of ether oxygens (including phenoxy) is 2. The van der Waals surface area contributed by atoms with Gasteiger partial charge in [0, 0.05) is 26.2 Å². The van der Waals surface area contributed by atoms with Crippen LogP contribution in [0, 0.1) is 11.3 Å². The second-order valence-corrected chi connectivity index (χ2v) is 3.65. The van der Waals surface area contributed by atoms with Crippen LogP contribution in [-0.4, -0.2) is 25.9 Å². The van der Waals surface area contributed by atoms with Gasteiger partial charge in [0.05, 0.1) is 12.2 Å². The molecular weight excluding hydrogens is 178 g/mol. The van der Waals surface area contributed by atoms with Gasteiger partial charge in [-0.3, -0.25) is 0 Å². The molecule has 14 heavy (non-hydrogen) atoms. The van der Waals surface area contributed by atoms with E-state index in [1.165, 1.54) is 12.8 Å². The van der Waals surface area contributed by atoms with Gasteiger partial charge in [-0.1, -0.05) is 0 Å². The summed E-state index contributed by atoms with van der Waals surface area (Å²) >= 11 is 0. The third kappa shape index (κ3) is 5.21. The molecule has 0 radical (unpaired) electrons. The molecule has 1 rings (SSSR count). The molecule has 0 aromatic carbocycles.